The lowest BCUT2D eigenvalue weighted by Gasteiger charge is -2.20. The van der Waals surface area contributed by atoms with Gasteiger partial charge >= 0.3 is 13.6 Å². The molecule has 5 rings (SSSR count). The van der Waals surface area contributed by atoms with Gasteiger partial charge in [-0.2, -0.15) is 0 Å². The number of esters is 1. The summed E-state index contributed by atoms with van der Waals surface area (Å²) in [5, 5.41) is 14.1. The van der Waals surface area contributed by atoms with Gasteiger partial charge < -0.3 is 24.6 Å². The van der Waals surface area contributed by atoms with Crippen LogP contribution in [-0.2, 0) is 31.7 Å². The maximum Gasteiger partial charge on any atom is 0.381 e. The summed E-state index contributed by atoms with van der Waals surface area (Å²) in [7, 11) is -3.96. The van der Waals surface area contributed by atoms with Crippen LogP contribution in [-0.4, -0.2) is 58.7 Å². The molecule has 2 N–H and O–H groups in total. The molecule has 2 amide bonds. The molecule has 0 aliphatic carbocycles. The quantitative estimate of drug-likeness (QED) is 0.168. The Bertz CT molecular complexity index is 1750. The van der Waals surface area contributed by atoms with Gasteiger partial charge in [0.05, 0.1) is 23.9 Å². The van der Waals surface area contributed by atoms with Crippen LogP contribution in [0.1, 0.15) is 38.8 Å². The highest BCUT2D eigenvalue weighted by Gasteiger charge is 2.37. The second-order valence-corrected chi connectivity index (χ2v) is 11.9. The smallest absolute Gasteiger partial charge is 0.381 e. The van der Waals surface area contributed by atoms with Crippen molar-refractivity contribution in [2.24, 2.45) is 0 Å². The Morgan fingerprint density at radius 1 is 1.09 bits per heavy atom. The van der Waals surface area contributed by atoms with Gasteiger partial charge in [-0.05, 0) is 42.8 Å². The van der Waals surface area contributed by atoms with Crippen LogP contribution >= 0.6 is 7.60 Å². The molecular weight excluding hydrogens is 592 g/mol. The molecule has 44 heavy (non-hydrogen) atoms. The van der Waals surface area contributed by atoms with Crippen LogP contribution in [0.25, 0.3) is 10.9 Å². The predicted molar refractivity (Wildman–Crippen MR) is 158 cm³/mol. The predicted octanol–water partition coefficient (Wildman–Crippen LogP) is 4.82. The number of phenols is 1. The lowest BCUT2D eigenvalue weighted by Crippen LogP contribution is -2.29. The van der Waals surface area contributed by atoms with E-state index in [4.69, 9.17) is 13.8 Å². The van der Waals surface area contributed by atoms with Crippen LogP contribution in [0.15, 0.2) is 72.9 Å². The molecule has 0 saturated carbocycles. The Balaban J connectivity index is 1.39. The Morgan fingerprint density at radius 3 is 2.57 bits per heavy atom. The molecule has 0 spiro atoms. The van der Waals surface area contributed by atoms with Gasteiger partial charge in [-0.25, -0.2) is 13.8 Å². The number of nitrogens with zero attached hydrogens (tertiary/aromatic N) is 2. The molecule has 0 radical (unpaired) electrons. The lowest BCUT2D eigenvalue weighted by atomic mass is 9.96. The third kappa shape index (κ3) is 6.72. The zero-order chi connectivity index (χ0) is 31.3. The van der Waals surface area contributed by atoms with Crippen molar-refractivity contribution in [3.8, 4) is 11.5 Å². The number of carbonyl (C=O) groups excluding carboxylic acids is 3. The summed E-state index contributed by atoms with van der Waals surface area (Å²) in [6.07, 6.45) is 1.14. The summed E-state index contributed by atoms with van der Waals surface area (Å²) in [5.41, 5.74) is 1.12. The molecular formula is C31H29FN3O8P. The number of carbonyl (C=O) groups is 3. The fourth-order valence-corrected chi connectivity index (χ4v) is 6.28. The number of ether oxygens (including phenoxy) is 1. The van der Waals surface area contributed by atoms with Crippen molar-refractivity contribution < 1.29 is 42.2 Å². The molecule has 228 valence electrons. The molecule has 0 fully saturated rings. The van der Waals surface area contributed by atoms with E-state index in [1.807, 2.05) is 0 Å². The Labute approximate surface area is 252 Å². The molecule has 0 bridgehead atoms. The van der Waals surface area contributed by atoms with Crippen molar-refractivity contribution in [2.45, 2.75) is 20.0 Å². The Morgan fingerprint density at radius 2 is 1.84 bits per heavy atom. The minimum atomic E-state index is -3.96. The number of phenolic OH excluding ortho intramolecular Hbond substituents is 1. The van der Waals surface area contributed by atoms with Crippen LogP contribution < -0.4 is 9.84 Å². The van der Waals surface area contributed by atoms with Gasteiger partial charge in [0, 0.05) is 36.8 Å². The van der Waals surface area contributed by atoms with E-state index in [0.717, 1.165) is 0 Å². The first-order chi connectivity index (χ1) is 21.2. The first-order valence-corrected chi connectivity index (χ1v) is 15.5. The molecule has 1 aliphatic heterocycles. The fourth-order valence-electron chi connectivity index (χ4n) is 4.88. The van der Waals surface area contributed by atoms with Crippen molar-refractivity contribution >= 4 is 36.3 Å². The second kappa shape index (κ2) is 13.2. The zero-order valence-electron chi connectivity index (χ0n) is 23.7. The van der Waals surface area contributed by atoms with E-state index >= 15 is 0 Å². The van der Waals surface area contributed by atoms with E-state index in [0.29, 0.717) is 16.5 Å². The van der Waals surface area contributed by atoms with E-state index in [1.165, 1.54) is 23.2 Å². The van der Waals surface area contributed by atoms with E-state index < -0.39 is 37.8 Å². The van der Waals surface area contributed by atoms with Crippen LogP contribution in [0.5, 0.6) is 11.5 Å². The highest BCUT2D eigenvalue weighted by atomic mass is 31.2. The number of para-hydroxylation sites is 1. The van der Waals surface area contributed by atoms with Crippen molar-refractivity contribution in [1.82, 2.24) is 15.2 Å². The van der Waals surface area contributed by atoms with Crippen LogP contribution in [0, 0.1) is 5.82 Å². The van der Waals surface area contributed by atoms with E-state index in [9.17, 15) is 28.4 Å². The van der Waals surface area contributed by atoms with Gasteiger partial charge in [0.2, 0.25) is 0 Å². The first kappa shape index (κ1) is 30.7. The average Bonchev–Trinajstić information content (AvgIpc) is 3.33. The van der Waals surface area contributed by atoms with E-state index in [1.54, 1.807) is 61.5 Å². The Hall–Kier alpha value is -4.80. The fraction of sp³-hybridized carbons (Fsp3) is 0.226. The number of aromatic hydroxyl groups is 1. The summed E-state index contributed by atoms with van der Waals surface area (Å²) in [4.78, 5) is 44.7. The molecule has 1 aromatic heterocycles. The van der Waals surface area contributed by atoms with E-state index in [-0.39, 0.29) is 60.5 Å². The highest BCUT2D eigenvalue weighted by Crippen LogP contribution is 2.48. The molecule has 0 saturated heterocycles. The average molecular weight is 622 g/mol. The van der Waals surface area contributed by atoms with Gasteiger partial charge in [0.1, 0.15) is 17.1 Å². The molecule has 1 atom stereocenters. The highest BCUT2D eigenvalue weighted by molar-refractivity contribution is 7.54. The van der Waals surface area contributed by atoms with Crippen LogP contribution in [0.3, 0.4) is 0 Å². The van der Waals surface area contributed by atoms with Crippen LogP contribution in [0.4, 0.5) is 4.39 Å². The van der Waals surface area contributed by atoms with Gasteiger partial charge in [-0.1, -0.05) is 36.4 Å². The number of halogens is 1. The summed E-state index contributed by atoms with van der Waals surface area (Å²) in [5.74, 6) is -2.33. The van der Waals surface area contributed by atoms with Crippen molar-refractivity contribution in [2.75, 3.05) is 25.9 Å². The molecule has 4 aromatic rings. The number of aromatic nitrogens is 1. The van der Waals surface area contributed by atoms with Gasteiger partial charge in [0.25, 0.3) is 11.8 Å². The normalized spacial score (nSPS) is 13.8. The zero-order valence-corrected chi connectivity index (χ0v) is 24.6. The number of hydrogen-bond donors (Lipinski definition) is 2. The standard InChI is InChI=1S/C31H29FN3O8P/c1-2-41-25(36)19-42-44(40,43-22-7-4-3-5-8-22)16-15-34-30(38)26-23-9-6-14-33-28(23)29(37)27-24(26)18-35(31(27)39)17-20-10-12-21(32)13-11-20/h3-14,37H,2,15-19H2,1H3,(H,34,38). The number of benzene rings is 3. The molecule has 1 aliphatic rings. The van der Waals surface area contributed by atoms with Gasteiger partial charge in [-0.3, -0.25) is 19.1 Å². The summed E-state index contributed by atoms with van der Waals surface area (Å²) in [6.45, 7) is 1.07. The minimum absolute atomic E-state index is 0.00491. The van der Waals surface area contributed by atoms with Gasteiger partial charge in [0.15, 0.2) is 12.4 Å². The number of amides is 2. The number of rotatable bonds is 12. The minimum Gasteiger partial charge on any atom is -0.505 e. The maximum absolute atomic E-state index is 13.7. The topological polar surface area (TPSA) is 144 Å². The van der Waals surface area contributed by atoms with Crippen LogP contribution in [0.2, 0.25) is 0 Å². The van der Waals surface area contributed by atoms with Crippen molar-refractivity contribution in [3.63, 3.8) is 0 Å². The molecule has 3 aromatic carbocycles. The molecule has 11 nitrogen and oxygen atoms in total. The van der Waals surface area contributed by atoms with Crippen molar-refractivity contribution in [1.29, 1.82) is 0 Å². The molecule has 13 heteroatoms. The second-order valence-electron chi connectivity index (χ2n) is 9.84. The third-order valence-electron chi connectivity index (χ3n) is 6.85. The number of fused-ring (bicyclic) bond motifs is 2. The van der Waals surface area contributed by atoms with Gasteiger partial charge in [-0.15, -0.1) is 0 Å². The summed E-state index contributed by atoms with van der Waals surface area (Å²) < 4.78 is 42.9. The SMILES string of the molecule is CCOC(=O)COP(=O)(CCNC(=O)c1c2c(c(O)c3ncccc13)C(=O)N(Cc1ccc(F)cc1)C2)Oc1ccccc1. The summed E-state index contributed by atoms with van der Waals surface area (Å²) in [6, 6.07) is 17.1. The third-order valence-corrected chi connectivity index (χ3v) is 8.63. The number of pyridine rings is 1. The molecule has 2 heterocycles. The van der Waals surface area contributed by atoms with E-state index in [2.05, 4.69) is 10.3 Å². The lowest BCUT2D eigenvalue weighted by molar-refractivity contribution is -0.145. The Kier molecular flexibility index (Phi) is 9.22. The first-order valence-electron chi connectivity index (χ1n) is 13.8. The molecule has 1 unspecified atom stereocenters. The number of nitrogens with one attached hydrogen (secondary N) is 1. The monoisotopic (exact) mass is 621 g/mol. The number of hydrogen-bond acceptors (Lipinski definition) is 9. The summed E-state index contributed by atoms with van der Waals surface area (Å²) >= 11 is 0. The maximum atomic E-state index is 13.7. The largest absolute Gasteiger partial charge is 0.505 e. The van der Waals surface area contributed by atoms with Crippen molar-refractivity contribution in [3.05, 3.63) is 101 Å².